The van der Waals surface area contributed by atoms with Gasteiger partial charge in [-0.3, -0.25) is 0 Å². The first kappa shape index (κ1) is 17.3. The molecule has 2 unspecified atom stereocenters. The van der Waals surface area contributed by atoms with E-state index in [2.05, 4.69) is 5.32 Å². The van der Waals surface area contributed by atoms with Crippen LogP contribution in [0.5, 0.6) is 0 Å². The average Bonchev–Trinajstić information content (AvgIpc) is 2.42. The summed E-state index contributed by atoms with van der Waals surface area (Å²) in [6.45, 7) is 5.37. The zero-order valence-electron chi connectivity index (χ0n) is 12.6. The Balaban J connectivity index is 2.77. The fraction of sp³-hybridized carbons (Fsp3) is 0.467. The lowest BCUT2D eigenvalue weighted by atomic mass is 10.0. The van der Waals surface area contributed by atoms with Crippen LogP contribution in [-0.4, -0.2) is 35.1 Å². The lowest BCUT2D eigenvalue weighted by molar-refractivity contribution is -0.140. The van der Waals surface area contributed by atoms with Gasteiger partial charge in [0.2, 0.25) is 0 Å². The number of aliphatic carboxylic acids is 1. The number of amides is 2. The molecular formula is C15H21ClN2O3. The molecule has 1 aromatic rings. The fourth-order valence-electron chi connectivity index (χ4n) is 1.89. The predicted molar refractivity (Wildman–Crippen MR) is 82.4 cm³/mol. The van der Waals surface area contributed by atoms with Crippen molar-refractivity contribution in [3.63, 3.8) is 0 Å². The molecule has 0 aliphatic heterocycles. The second kappa shape index (κ2) is 7.31. The number of carbonyl (C=O) groups excluding carboxylic acids is 1. The second-order valence-corrected chi connectivity index (χ2v) is 5.78. The van der Waals surface area contributed by atoms with E-state index < -0.39 is 18.0 Å². The summed E-state index contributed by atoms with van der Waals surface area (Å²) in [5.41, 5.74) is 0.925. The third-order valence-electron chi connectivity index (χ3n) is 3.47. The highest BCUT2D eigenvalue weighted by Gasteiger charge is 2.26. The Hall–Kier alpha value is -1.75. The van der Waals surface area contributed by atoms with Crippen molar-refractivity contribution in [3.8, 4) is 0 Å². The predicted octanol–water partition coefficient (Wildman–Crippen LogP) is 3.15. The van der Waals surface area contributed by atoms with Gasteiger partial charge in [0.1, 0.15) is 6.04 Å². The van der Waals surface area contributed by atoms with Gasteiger partial charge in [0.25, 0.3) is 0 Å². The Morgan fingerprint density at radius 2 is 1.71 bits per heavy atom. The maximum Gasteiger partial charge on any atom is 0.326 e. The molecule has 2 atom stereocenters. The van der Waals surface area contributed by atoms with E-state index in [0.29, 0.717) is 5.02 Å². The molecule has 0 aromatic heterocycles. The molecule has 0 fully saturated rings. The van der Waals surface area contributed by atoms with E-state index in [-0.39, 0.29) is 12.0 Å². The van der Waals surface area contributed by atoms with E-state index >= 15 is 0 Å². The molecule has 2 amide bonds. The van der Waals surface area contributed by atoms with Gasteiger partial charge in [-0.15, -0.1) is 0 Å². The molecule has 0 aliphatic carbocycles. The standard InChI is InChI=1S/C15H21ClN2O3/c1-9(2)13(14(19)20)17-15(21)18(4)10(3)11-5-7-12(16)8-6-11/h5-10,13H,1-4H3,(H,17,21)(H,19,20). The minimum atomic E-state index is -1.04. The monoisotopic (exact) mass is 312 g/mol. The van der Waals surface area contributed by atoms with Crippen molar-refractivity contribution < 1.29 is 14.7 Å². The van der Waals surface area contributed by atoms with Crippen molar-refractivity contribution in [1.82, 2.24) is 10.2 Å². The third-order valence-corrected chi connectivity index (χ3v) is 3.72. The molecule has 1 aromatic carbocycles. The van der Waals surface area contributed by atoms with Crippen molar-refractivity contribution in [2.45, 2.75) is 32.9 Å². The first-order valence-electron chi connectivity index (χ1n) is 6.75. The molecule has 0 bridgehead atoms. The average molecular weight is 313 g/mol. The van der Waals surface area contributed by atoms with Gasteiger partial charge in [0.15, 0.2) is 0 Å². The Kier molecular flexibility index (Phi) is 6.03. The quantitative estimate of drug-likeness (QED) is 0.877. The van der Waals surface area contributed by atoms with Crippen LogP contribution in [0.25, 0.3) is 0 Å². The molecule has 6 heteroatoms. The van der Waals surface area contributed by atoms with Gasteiger partial charge in [-0.2, -0.15) is 0 Å². The Morgan fingerprint density at radius 1 is 1.19 bits per heavy atom. The topological polar surface area (TPSA) is 69.6 Å². The molecule has 0 radical (unpaired) electrons. The number of benzene rings is 1. The summed E-state index contributed by atoms with van der Waals surface area (Å²) in [6, 6.07) is 5.68. The summed E-state index contributed by atoms with van der Waals surface area (Å²) in [5, 5.41) is 12.3. The number of carbonyl (C=O) groups is 2. The molecule has 5 nitrogen and oxygen atoms in total. The highest BCUT2D eigenvalue weighted by Crippen LogP contribution is 2.21. The van der Waals surface area contributed by atoms with E-state index in [1.165, 1.54) is 4.90 Å². The lowest BCUT2D eigenvalue weighted by Gasteiger charge is -2.28. The minimum Gasteiger partial charge on any atom is -0.480 e. The molecule has 0 heterocycles. The van der Waals surface area contributed by atoms with Gasteiger partial charge in [-0.25, -0.2) is 9.59 Å². The summed E-state index contributed by atoms with van der Waals surface area (Å²) < 4.78 is 0. The summed E-state index contributed by atoms with van der Waals surface area (Å²) >= 11 is 5.84. The molecule has 1 rings (SSSR count). The number of hydrogen-bond donors (Lipinski definition) is 2. The normalized spacial score (nSPS) is 13.6. The van der Waals surface area contributed by atoms with Crippen LogP contribution < -0.4 is 5.32 Å². The van der Waals surface area contributed by atoms with Crippen LogP contribution in [0.4, 0.5) is 4.79 Å². The third kappa shape index (κ3) is 4.63. The number of rotatable bonds is 5. The number of nitrogens with zero attached hydrogens (tertiary/aromatic N) is 1. The molecule has 0 saturated heterocycles. The first-order valence-corrected chi connectivity index (χ1v) is 7.13. The Labute approximate surface area is 129 Å². The number of carboxylic acid groups (broad SMARTS) is 1. The van der Waals surface area contributed by atoms with Gasteiger partial charge >= 0.3 is 12.0 Å². The number of nitrogens with one attached hydrogen (secondary N) is 1. The lowest BCUT2D eigenvalue weighted by Crippen LogP contribution is -2.49. The largest absolute Gasteiger partial charge is 0.480 e. The number of carboxylic acids is 1. The van der Waals surface area contributed by atoms with Gasteiger partial charge in [0.05, 0.1) is 6.04 Å². The molecule has 116 valence electrons. The fourth-order valence-corrected chi connectivity index (χ4v) is 2.02. The zero-order chi connectivity index (χ0) is 16.2. The van der Waals surface area contributed by atoms with Crippen LogP contribution in [0.2, 0.25) is 5.02 Å². The minimum absolute atomic E-state index is 0.189. The summed E-state index contributed by atoms with van der Waals surface area (Å²) in [5.74, 6) is -1.23. The number of halogens is 1. The SMILES string of the molecule is CC(C)C(NC(=O)N(C)C(C)c1ccc(Cl)cc1)C(=O)O. The number of urea groups is 1. The van der Waals surface area contributed by atoms with Crippen molar-refractivity contribution >= 4 is 23.6 Å². The highest BCUT2D eigenvalue weighted by molar-refractivity contribution is 6.30. The van der Waals surface area contributed by atoms with Gasteiger partial charge < -0.3 is 15.3 Å². The molecule has 0 saturated carbocycles. The van der Waals surface area contributed by atoms with Crippen LogP contribution in [0.1, 0.15) is 32.4 Å². The number of hydrogen-bond acceptors (Lipinski definition) is 2. The molecular weight excluding hydrogens is 292 g/mol. The molecule has 21 heavy (non-hydrogen) atoms. The maximum absolute atomic E-state index is 12.2. The van der Waals surface area contributed by atoms with Crippen molar-refractivity contribution in [2.24, 2.45) is 5.92 Å². The van der Waals surface area contributed by atoms with Gasteiger partial charge in [-0.1, -0.05) is 37.6 Å². The van der Waals surface area contributed by atoms with Crippen molar-refractivity contribution in [3.05, 3.63) is 34.9 Å². The molecule has 0 aliphatic rings. The zero-order valence-corrected chi connectivity index (χ0v) is 13.4. The summed E-state index contributed by atoms with van der Waals surface area (Å²) in [4.78, 5) is 24.8. The van der Waals surface area contributed by atoms with E-state index in [9.17, 15) is 9.59 Å². The second-order valence-electron chi connectivity index (χ2n) is 5.35. The van der Waals surface area contributed by atoms with Gasteiger partial charge in [0, 0.05) is 12.1 Å². The smallest absolute Gasteiger partial charge is 0.326 e. The molecule has 0 spiro atoms. The van der Waals surface area contributed by atoms with Crippen LogP contribution in [-0.2, 0) is 4.79 Å². The van der Waals surface area contributed by atoms with Crippen molar-refractivity contribution in [2.75, 3.05) is 7.05 Å². The van der Waals surface area contributed by atoms with E-state index in [1.807, 2.05) is 19.1 Å². The summed E-state index contributed by atoms with van der Waals surface area (Å²) in [7, 11) is 1.63. The van der Waals surface area contributed by atoms with Crippen LogP contribution >= 0.6 is 11.6 Å². The Bertz CT molecular complexity index is 502. The van der Waals surface area contributed by atoms with E-state index in [1.54, 1.807) is 33.0 Å². The van der Waals surface area contributed by atoms with Crippen LogP contribution in [0, 0.1) is 5.92 Å². The Morgan fingerprint density at radius 3 is 2.14 bits per heavy atom. The van der Waals surface area contributed by atoms with Crippen LogP contribution in [0.15, 0.2) is 24.3 Å². The molecule has 2 N–H and O–H groups in total. The summed E-state index contributed by atoms with van der Waals surface area (Å²) in [6.07, 6.45) is 0. The first-order chi connectivity index (χ1) is 9.73. The van der Waals surface area contributed by atoms with Crippen LogP contribution in [0.3, 0.4) is 0 Å². The maximum atomic E-state index is 12.2. The van der Waals surface area contributed by atoms with Gasteiger partial charge in [-0.05, 0) is 30.5 Å². The van der Waals surface area contributed by atoms with Crippen molar-refractivity contribution in [1.29, 1.82) is 0 Å². The van der Waals surface area contributed by atoms with E-state index in [0.717, 1.165) is 5.56 Å². The highest BCUT2D eigenvalue weighted by atomic mass is 35.5. The van der Waals surface area contributed by atoms with E-state index in [4.69, 9.17) is 16.7 Å².